The van der Waals surface area contributed by atoms with Crippen molar-refractivity contribution in [2.24, 2.45) is 0 Å². The highest BCUT2D eigenvalue weighted by molar-refractivity contribution is 7.37. The van der Waals surface area contributed by atoms with Gasteiger partial charge in [0, 0.05) is 10.8 Å². The first-order chi connectivity index (χ1) is 12.7. The van der Waals surface area contributed by atoms with E-state index in [1.807, 2.05) is 0 Å². The minimum atomic E-state index is -0.957. The van der Waals surface area contributed by atoms with Crippen LogP contribution in [-0.2, 0) is 25.7 Å². The highest BCUT2D eigenvalue weighted by Crippen LogP contribution is 2.46. The van der Waals surface area contributed by atoms with Gasteiger partial charge in [-0.05, 0) is 99.6 Å². The van der Waals surface area contributed by atoms with Gasteiger partial charge in [0.25, 0.3) is 0 Å². The monoisotopic (exact) mass is 366 g/mol. The fourth-order valence-electron chi connectivity index (χ4n) is 4.74. The molecular weight excluding hydrogens is 339 g/mol. The van der Waals surface area contributed by atoms with Crippen molar-refractivity contribution < 1.29 is 8.39 Å². The third-order valence-electron chi connectivity index (χ3n) is 6.04. The van der Waals surface area contributed by atoms with Crippen molar-refractivity contribution in [1.29, 1.82) is 0 Å². The summed E-state index contributed by atoms with van der Waals surface area (Å²) in [6, 6.07) is 9.05. The Kier molecular flexibility index (Phi) is 4.13. The maximum absolute atomic E-state index is 6.50. The number of rotatable bonds is 1. The Hall–Kier alpha value is -1.66. The molecule has 3 aromatic rings. The van der Waals surface area contributed by atoms with Gasteiger partial charge in [-0.2, -0.15) is 0 Å². The third-order valence-corrected chi connectivity index (χ3v) is 7.63. The van der Waals surface area contributed by atoms with E-state index in [1.54, 1.807) is 0 Å². The van der Waals surface area contributed by atoms with Gasteiger partial charge in [-0.15, -0.1) is 0 Å². The van der Waals surface area contributed by atoms with E-state index in [9.17, 15) is 0 Å². The van der Waals surface area contributed by atoms with Gasteiger partial charge in [0.2, 0.25) is 8.01 Å². The van der Waals surface area contributed by atoms with Crippen LogP contribution in [0, 0.1) is 0 Å². The van der Waals surface area contributed by atoms with Crippen molar-refractivity contribution in [3.8, 4) is 0 Å². The lowest BCUT2D eigenvalue weighted by molar-refractivity contribution is 0.620. The Bertz CT molecular complexity index is 951. The lowest BCUT2D eigenvalue weighted by Gasteiger charge is -2.20. The van der Waals surface area contributed by atoms with Crippen LogP contribution in [0.4, 0.5) is 0 Å². The van der Waals surface area contributed by atoms with E-state index < -0.39 is 8.01 Å². The average Bonchev–Trinajstić information content (AvgIpc) is 2.85. The molecule has 0 fully saturated rings. The Morgan fingerprint density at radius 2 is 1.15 bits per heavy atom. The van der Waals surface area contributed by atoms with Gasteiger partial charge in [-0.25, -0.2) is 0 Å². The molecule has 0 amide bonds. The maximum atomic E-state index is 6.50. The number of hydrogen-bond acceptors (Lipinski definition) is 2. The molecule has 0 radical (unpaired) electrons. The van der Waals surface area contributed by atoms with Gasteiger partial charge in [0.1, 0.15) is 11.2 Å². The second kappa shape index (κ2) is 6.50. The minimum absolute atomic E-state index is 0.371. The number of fused-ring (bicyclic) bond motifs is 7. The molecule has 0 spiro atoms. The molecular formula is C23H27O2P. The van der Waals surface area contributed by atoms with Crippen molar-refractivity contribution in [3.63, 3.8) is 0 Å². The van der Waals surface area contributed by atoms with Crippen LogP contribution in [-0.4, -0.2) is 0 Å². The molecule has 1 aromatic heterocycles. The molecule has 5 rings (SSSR count). The fraction of sp³-hybridized carbons (Fsp3) is 0.478. The van der Waals surface area contributed by atoms with E-state index in [1.165, 1.54) is 84.4 Å². The van der Waals surface area contributed by atoms with Gasteiger partial charge in [-0.3, -0.25) is 0 Å². The zero-order valence-electron chi connectivity index (χ0n) is 15.8. The van der Waals surface area contributed by atoms with E-state index in [0.29, 0.717) is 5.66 Å². The van der Waals surface area contributed by atoms with Crippen LogP contribution in [0.3, 0.4) is 0 Å². The van der Waals surface area contributed by atoms with E-state index >= 15 is 0 Å². The zero-order valence-corrected chi connectivity index (χ0v) is 16.7. The molecule has 2 aliphatic rings. The molecule has 1 heterocycles. The zero-order chi connectivity index (χ0) is 17.7. The largest absolute Gasteiger partial charge is 0.419 e. The molecule has 2 aliphatic carbocycles. The van der Waals surface area contributed by atoms with Crippen LogP contribution in [0.1, 0.15) is 67.4 Å². The number of benzene rings is 2. The average molecular weight is 366 g/mol. The molecule has 2 nitrogen and oxygen atoms in total. The molecule has 0 unspecified atom stereocenters. The molecule has 0 N–H and O–H groups in total. The third kappa shape index (κ3) is 2.62. The predicted molar refractivity (Wildman–Crippen MR) is 110 cm³/mol. The summed E-state index contributed by atoms with van der Waals surface area (Å²) in [7, 11) is -0.957. The molecule has 0 saturated heterocycles. The second-order valence-corrected chi connectivity index (χ2v) is 10.1. The highest BCUT2D eigenvalue weighted by Gasteiger charge is 2.21. The highest BCUT2D eigenvalue weighted by atomic mass is 31.1. The van der Waals surface area contributed by atoms with Crippen molar-refractivity contribution >= 4 is 30.0 Å². The van der Waals surface area contributed by atoms with Crippen LogP contribution in [0.15, 0.2) is 32.7 Å². The normalized spacial score (nSPS) is 16.7. The van der Waals surface area contributed by atoms with Gasteiger partial charge in [-0.1, -0.05) is 12.1 Å². The lowest BCUT2D eigenvalue weighted by Crippen LogP contribution is -2.05. The molecule has 2 aromatic carbocycles. The molecule has 0 aliphatic heterocycles. The summed E-state index contributed by atoms with van der Waals surface area (Å²) in [5.74, 6) is 0. The molecule has 26 heavy (non-hydrogen) atoms. The van der Waals surface area contributed by atoms with E-state index in [-0.39, 0.29) is 0 Å². The summed E-state index contributed by atoms with van der Waals surface area (Å²) in [5.41, 5.74) is 8.58. The first-order valence-electron chi connectivity index (χ1n) is 10.2. The Balaban J connectivity index is 2.01. The van der Waals surface area contributed by atoms with Crippen molar-refractivity contribution in [1.82, 2.24) is 0 Å². The van der Waals surface area contributed by atoms with E-state index in [4.69, 9.17) is 8.39 Å². The maximum Gasteiger partial charge on any atom is 0.219 e. The standard InChI is InChI=1S/C23H27O2P/c1-15(2)26-24-20-13-11-16-7-3-5-9-18(16)22(20)23-19-10-6-4-8-17(19)12-14-21(23)25-26/h11-15H,3-10H2,1-2H3. The van der Waals surface area contributed by atoms with Gasteiger partial charge in [0.15, 0.2) is 0 Å². The quantitative estimate of drug-likeness (QED) is 0.442. The van der Waals surface area contributed by atoms with Gasteiger partial charge < -0.3 is 8.39 Å². The van der Waals surface area contributed by atoms with Gasteiger partial charge in [0.05, 0.1) is 5.66 Å². The predicted octanol–water partition coefficient (Wildman–Crippen LogP) is 7.63. The second-order valence-electron chi connectivity index (χ2n) is 8.13. The number of hydrogen-bond donors (Lipinski definition) is 0. The Morgan fingerprint density at radius 3 is 1.62 bits per heavy atom. The van der Waals surface area contributed by atoms with Crippen LogP contribution < -0.4 is 0 Å². The summed E-state index contributed by atoms with van der Waals surface area (Å²) >= 11 is 0. The molecule has 0 bridgehead atoms. The van der Waals surface area contributed by atoms with Gasteiger partial charge >= 0.3 is 0 Å². The summed E-state index contributed by atoms with van der Waals surface area (Å²) in [6.07, 6.45) is 9.93. The van der Waals surface area contributed by atoms with Crippen LogP contribution in [0.2, 0.25) is 0 Å². The summed E-state index contributed by atoms with van der Waals surface area (Å²) in [4.78, 5) is 0. The van der Waals surface area contributed by atoms with Crippen molar-refractivity contribution in [3.05, 3.63) is 46.5 Å². The molecule has 136 valence electrons. The minimum Gasteiger partial charge on any atom is -0.419 e. The van der Waals surface area contributed by atoms with Crippen molar-refractivity contribution in [2.75, 3.05) is 0 Å². The van der Waals surface area contributed by atoms with E-state index in [2.05, 4.69) is 38.1 Å². The Labute approximate surface area is 156 Å². The SMILES string of the molecule is CC(C)p1oc2ccc3c(c2c2c4c(ccc2o1)CCCC4)CCCC3. The molecule has 0 saturated carbocycles. The van der Waals surface area contributed by atoms with E-state index in [0.717, 1.165) is 11.2 Å². The topological polar surface area (TPSA) is 26.3 Å². The molecule has 0 atom stereocenters. The number of aryl methyl sites for hydroxylation is 4. The van der Waals surface area contributed by atoms with Crippen LogP contribution >= 0.6 is 8.01 Å². The molecule has 3 heteroatoms. The lowest BCUT2D eigenvalue weighted by atomic mass is 9.84. The fourth-order valence-corrected chi connectivity index (χ4v) is 5.89. The smallest absolute Gasteiger partial charge is 0.219 e. The van der Waals surface area contributed by atoms with Crippen molar-refractivity contribution in [2.45, 2.75) is 70.9 Å². The Morgan fingerprint density at radius 1 is 0.692 bits per heavy atom. The summed E-state index contributed by atoms with van der Waals surface area (Å²) in [5, 5.41) is 2.73. The summed E-state index contributed by atoms with van der Waals surface area (Å²) in [6.45, 7) is 4.40. The summed E-state index contributed by atoms with van der Waals surface area (Å²) < 4.78 is 13.0. The van der Waals surface area contributed by atoms with Crippen LogP contribution in [0.5, 0.6) is 0 Å². The first-order valence-corrected chi connectivity index (χ1v) is 11.4. The van der Waals surface area contributed by atoms with Crippen LogP contribution in [0.25, 0.3) is 21.9 Å². The first kappa shape index (κ1) is 16.5.